The number of nitrogens with zero attached hydrogens (tertiary/aromatic N) is 4. The number of rotatable bonds is 6. The summed E-state index contributed by atoms with van der Waals surface area (Å²) in [5, 5.41) is 2.03. The summed E-state index contributed by atoms with van der Waals surface area (Å²) in [4.78, 5) is 17.5. The summed E-state index contributed by atoms with van der Waals surface area (Å²) in [6, 6.07) is 49.8. The molecule has 0 saturated carbocycles. The number of hydrogen-bond acceptors (Lipinski definition) is 5. The molecule has 0 fully saturated rings. The van der Waals surface area contributed by atoms with Crippen molar-refractivity contribution in [2.75, 3.05) is 4.90 Å². The molecule has 220 valence electrons. The van der Waals surface area contributed by atoms with Crippen LogP contribution in [0.25, 0.3) is 56.1 Å². The zero-order chi connectivity index (χ0) is 31.0. The maximum atomic E-state index is 6.21. The molecule has 0 spiro atoms. The molecule has 0 aliphatic heterocycles. The zero-order valence-electron chi connectivity index (χ0n) is 25.6. The van der Waals surface area contributed by atoms with Crippen LogP contribution in [-0.4, -0.2) is 15.0 Å². The van der Waals surface area contributed by atoms with Gasteiger partial charge in [0.05, 0.1) is 0 Å². The van der Waals surface area contributed by atoms with E-state index in [9.17, 15) is 0 Å². The maximum Gasteiger partial charge on any atom is 0.164 e. The van der Waals surface area contributed by atoms with Gasteiger partial charge in [0.25, 0.3) is 0 Å². The second kappa shape index (κ2) is 11.5. The first-order valence-electron chi connectivity index (χ1n) is 15.4. The Morgan fingerprint density at radius 1 is 0.457 bits per heavy atom. The second-order valence-electron chi connectivity index (χ2n) is 11.5. The van der Waals surface area contributed by atoms with Crippen LogP contribution in [-0.2, 0) is 0 Å². The van der Waals surface area contributed by atoms with E-state index in [4.69, 9.17) is 19.4 Å². The second-order valence-corrected chi connectivity index (χ2v) is 11.5. The van der Waals surface area contributed by atoms with E-state index in [-0.39, 0.29) is 0 Å². The van der Waals surface area contributed by atoms with Gasteiger partial charge in [-0.2, -0.15) is 0 Å². The first-order chi connectivity index (χ1) is 22.6. The predicted molar refractivity (Wildman–Crippen MR) is 188 cm³/mol. The Morgan fingerprint density at radius 2 is 1.02 bits per heavy atom. The molecule has 8 aromatic rings. The van der Waals surface area contributed by atoms with E-state index in [1.54, 1.807) is 0 Å². The third kappa shape index (κ3) is 5.08. The number of fused-ring (bicyclic) bond motifs is 3. The van der Waals surface area contributed by atoms with Gasteiger partial charge in [-0.1, -0.05) is 108 Å². The molecule has 0 atom stereocenters. The fraction of sp³-hybridized carbons (Fsp3) is 0.0488. The molecule has 0 aliphatic rings. The molecule has 0 radical (unpaired) electrons. The molecule has 5 nitrogen and oxygen atoms in total. The number of para-hydroxylation sites is 1. The van der Waals surface area contributed by atoms with Crippen molar-refractivity contribution in [3.05, 3.63) is 157 Å². The monoisotopic (exact) mass is 594 g/mol. The smallest absolute Gasteiger partial charge is 0.164 e. The van der Waals surface area contributed by atoms with Crippen LogP contribution in [0.2, 0.25) is 0 Å². The highest BCUT2D eigenvalue weighted by Crippen LogP contribution is 2.38. The Balaban J connectivity index is 1.32. The molecule has 0 unspecified atom stereocenters. The topological polar surface area (TPSA) is 55.1 Å². The number of benzene rings is 6. The molecular weight excluding hydrogens is 564 g/mol. The van der Waals surface area contributed by atoms with Crippen molar-refractivity contribution in [1.29, 1.82) is 0 Å². The molecule has 6 aromatic carbocycles. The highest BCUT2D eigenvalue weighted by Gasteiger charge is 2.19. The van der Waals surface area contributed by atoms with Crippen LogP contribution in [0, 0.1) is 13.8 Å². The van der Waals surface area contributed by atoms with Crippen molar-refractivity contribution in [3.63, 3.8) is 0 Å². The van der Waals surface area contributed by atoms with Gasteiger partial charge < -0.3 is 9.32 Å². The summed E-state index contributed by atoms with van der Waals surface area (Å²) >= 11 is 0. The molecule has 0 bridgehead atoms. The van der Waals surface area contributed by atoms with E-state index in [1.807, 2.05) is 60.7 Å². The van der Waals surface area contributed by atoms with Crippen LogP contribution in [0.15, 0.2) is 150 Å². The van der Waals surface area contributed by atoms with Crippen molar-refractivity contribution in [3.8, 4) is 34.2 Å². The van der Waals surface area contributed by atoms with Crippen LogP contribution in [0.3, 0.4) is 0 Å². The lowest BCUT2D eigenvalue weighted by atomic mass is 10.1. The van der Waals surface area contributed by atoms with Gasteiger partial charge in [0, 0.05) is 44.5 Å². The van der Waals surface area contributed by atoms with Crippen LogP contribution in [0.5, 0.6) is 0 Å². The van der Waals surface area contributed by atoms with Crippen molar-refractivity contribution in [2.45, 2.75) is 13.8 Å². The van der Waals surface area contributed by atoms with Gasteiger partial charge in [-0.15, -0.1) is 0 Å². The Hall–Kier alpha value is -6.07. The first kappa shape index (κ1) is 27.5. The Morgan fingerprint density at radius 3 is 1.74 bits per heavy atom. The van der Waals surface area contributed by atoms with Gasteiger partial charge in [0.2, 0.25) is 0 Å². The number of aryl methyl sites for hydroxylation is 2. The fourth-order valence-corrected chi connectivity index (χ4v) is 5.92. The zero-order valence-corrected chi connectivity index (χ0v) is 25.6. The normalized spacial score (nSPS) is 11.3. The molecular formula is C41H30N4O. The molecule has 46 heavy (non-hydrogen) atoms. The minimum atomic E-state index is 0.598. The Kier molecular flexibility index (Phi) is 6.84. The summed E-state index contributed by atoms with van der Waals surface area (Å²) in [5.41, 5.74) is 9.95. The van der Waals surface area contributed by atoms with Gasteiger partial charge in [0.15, 0.2) is 17.5 Å². The fourth-order valence-electron chi connectivity index (χ4n) is 5.92. The van der Waals surface area contributed by atoms with Crippen LogP contribution in [0.4, 0.5) is 17.1 Å². The summed E-state index contributed by atoms with van der Waals surface area (Å²) in [6.07, 6.45) is 0. The number of hydrogen-bond donors (Lipinski definition) is 0. The van der Waals surface area contributed by atoms with E-state index in [0.29, 0.717) is 17.5 Å². The highest BCUT2D eigenvalue weighted by molar-refractivity contribution is 6.11. The van der Waals surface area contributed by atoms with E-state index in [0.717, 1.165) is 55.7 Å². The van der Waals surface area contributed by atoms with Crippen molar-refractivity contribution < 1.29 is 4.42 Å². The van der Waals surface area contributed by atoms with Gasteiger partial charge in [-0.05, 0) is 62.4 Å². The molecule has 2 heterocycles. The molecule has 8 rings (SSSR count). The van der Waals surface area contributed by atoms with E-state index in [2.05, 4.69) is 104 Å². The summed E-state index contributed by atoms with van der Waals surface area (Å²) in [7, 11) is 0. The van der Waals surface area contributed by atoms with E-state index in [1.165, 1.54) is 11.1 Å². The molecule has 5 heteroatoms. The van der Waals surface area contributed by atoms with Crippen molar-refractivity contribution in [1.82, 2.24) is 15.0 Å². The standard InChI is InChI=1S/C41H30N4O/c1-27-18-22-31(23-19-27)45(32-24-20-28(2)21-25-32)33-13-8-12-30(26-33)40-42-39(29-10-4-3-5-11-29)43-41(44-40)35-15-9-17-37-38(35)34-14-6-7-16-36(34)46-37/h3-26H,1-2H3. The predicted octanol–water partition coefficient (Wildman–Crippen LogP) is 10.9. The Bertz CT molecular complexity index is 2280. The largest absolute Gasteiger partial charge is 0.456 e. The van der Waals surface area contributed by atoms with Gasteiger partial charge in [0.1, 0.15) is 11.2 Å². The van der Waals surface area contributed by atoms with Crippen LogP contribution in [0.1, 0.15) is 11.1 Å². The first-order valence-corrected chi connectivity index (χ1v) is 15.4. The average molecular weight is 595 g/mol. The molecule has 2 aromatic heterocycles. The summed E-state index contributed by atoms with van der Waals surface area (Å²) in [6.45, 7) is 4.21. The SMILES string of the molecule is Cc1ccc(N(c2ccc(C)cc2)c2cccc(-c3nc(-c4ccccc4)nc(-c4cccc5oc6ccccc6c45)n3)c2)cc1. The quantitative estimate of drug-likeness (QED) is 0.192. The van der Waals surface area contributed by atoms with Crippen LogP contribution >= 0.6 is 0 Å². The minimum absolute atomic E-state index is 0.598. The van der Waals surface area contributed by atoms with Crippen LogP contribution < -0.4 is 4.90 Å². The van der Waals surface area contributed by atoms with Crippen molar-refractivity contribution in [2.24, 2.45) is 0 Å². The molecule has 0 aliphatic carbocycles. The minimum Gasteiger partial charge on any atom is -0.456 e. The van der Waals surface area contributed by atoms with Gasteiger partial charge >= 0.3 is 0 Å². The summed E-state index contributed by atoms with van der Waals surface area (Å²) in [5.74, 6) is 1.81. The lowest BCUT2D eigenvalue weighted by Crippen LogP contribution is -2.10. The van der Waals surface area contributed by atoms with Gasteiger partial charge in [-0.25, -0.2) is 15.0 Å². The van der Waals surface area contributed by atoms with Crippen molar-refractivity contribution >= 4 is 39.0 Å². The number of anilines is 3. The molecule has 0 amide bonds. The third-order valence-electron chi connectivity index (χ3n) is 8.26. The third-order valence-corrected chi connectivity index (χ3v) is 8.26. The number of aromatic nitrogens is 3. The van der Waals surface area contributed by atoms with E-state index < -0.39 is 0 Å². The molecule has 0 saturated heterocycles. The lowest BCUT2D eigenvalue weighted by molar-refractivity contribution is 0.669. The Labute approximate surface area is 267 Å². The maximum absolute atomic E-state index is 6.21. The highest BCUT2D eigenvalue weighted by atomic mass is 16.3. The molecule has 0 N–H and O–H groups in total. The number of furan rings is 1. The van der Waals surface area contributed by atoms with E-state index >= 15 is 0 Å². The summed E-state index contributed by atoms with van der Waals surface area (Å²) < 4.78 is 6.21. The lowest BCUT2D eigenvalue weighted by Gasteiger charge is -2.26. The average Bonchev–Trinajstić information content (AvgIpc) is 3.49. The van der Waals surface area contributed by atoms with Gasteiger partial charge in [-0.3, -0.25) is 0 Å².